The molecule has 6 heteroatoms. The van der Waals surface area contributed by atoms with Gasteiger partial charge in [-0.3, -0.25) is 0 Å². The molecule has 0 saturated carbocycles. The highest BCUT2D eigenvalue weighted by atomic mass is 79.9. The van der Waals surface area contributed by atoms with Crippen molar-refractivity contribution in [3.05, 3.63) is 63.1 Å². The number of fused-ring (bicyclic) bond motifs is 1. The summed E-state index contributed by atoms with van der Waals surface area (Å²) in [5, 5.41) is 3.59. The number of carbonyl (C=O) groups is 1. The van der Waals surface area contributed by atoms with Gasteiger partial charge in [0, 0.05) is 16.5 Å². The Balaban J connectivity index is 1.97. The average Bonchev–Trinajstić information content (AvgIpc) is 2.99. The van der Waals surface area contributed by atoms with Crippen LogP contribution in [0, 0.1) is 0 Å². The van der Waals surface area contributed by atoms with Crippen molar-refractivity contribution in [1.82, 2.24) is 5.32 Å². The lowest BCUT2D eigenvalue weighted by molar-refractivity contribution is 0.0252. The lowest BCUT2D eigenvalue weighted by Gasteiger charge is -2.36. The number of halogens is 2. The van der Waals surface area contributed by atoms with Gasteiger partial charge in [-0.2, -0.15) is 0 Å². The molecule has 0 saturated heterocycles. The lowest BCUT2D eigenvalue weighted by Crippen LogP contribution is -2.52. The molecule has 1 heterocycles. The zero-order valence-corrected chi connectivity index (χ0v) is 18.1. The zero-order chi connectivity index (χ0) is 19.8. The first-order valence-electron chi connectivity index (χ1n) is 8.83. The molecule has 2 aromatic rings. The Morgan fingerprint density at radius 3 is 2.56 bits per heavy atom. The van der Waals surface area contributed by atoms with Crippen LogP contribution < -0.4 is 10.1 Å². The monoisotopic (exact) mass is 451 g/mol. The van der Waals surface area contributed by atoms with Crippen LogP contribution in [0.15, 0.2) is 46.9 Å². The van der Waals surface area contributed by atoms with Gasteiger partial charge < -0.3 is 14.8 Å². The number of carbonyl (C=O) groups excluding carboxylic acids is 1. The van der Waals surface area contributed by atoms with E-state index in [9.17, 15) is 4.79 Å². The first-order chi connectivity index (χ1) is 12.6. The summed E-state index contributed by atoms with van der Waals surface area (Å²) >= 11 is 9.85. The molecule has 0 fully saturated rings. The second kappa shape index (κ2) is 7.36. The first kappa shape index (κ1) is 20.0. The fourth-order valence-electron chi connectivity index (χ4n) is 3.30. The van der Waals surface area contributed by atoms with Gasteiger partial charge in [-0.25, -0.2) is 4.79 Å². The van der Waals surface area contributed by atoms with E-state index < -0.39 is 17.3 Å². The molecule has 0 aromatic heterocycles. The summed E-state index contributed by atoms with van der Waals surface area (Å²) in [6.07, 6.45) is 0.103. The van der Waals surface area contributed by atoms with Crippen molar-refractivity contribution in [2.45, 2.75) is 51.4 Å². The van der Waals surface area contributed by atoms with Gasteiger partial charge in [-0.1, -0.05) is 41.9 Å². The van der Waals surface area contributed by atoms with Crippen LogP contribution in [-0.2, 0) is 16.8 Å². The molecular weight excluding hydrogens is 430 g/mol. The number of nitrogens with one attached hydrogen (secondary N) is 1. The van der Waals surface area contributed by atoms with E-state index in [2.05, 4.69) is 21.2 Å². The van der Waals surface area contributed by atoms with Gasteiger partial charge in [0.25, 0.3) is 0 Å². The van der Waals surface area contributed by atoms with Crippen LogP contribution in [0.5, 0.6) is 5.75 Å². The summed E-state index contributed by atoms with van der Waals surface area (Å²) in [5.74, 6) is 0.757. The molecule has 2 aromatic carbocycles. The van der Waals surface area contributed by atoms with Gasteiger partial charge in [-0.15, -0.1) is 0 Å². The maximum Gasteiger partial charge on any atom is 0.408 e. The van der Waals surface area contributed by atoms with Crippen LogP contribution >= 0.6 is 27.5 Å². The molecule has 1 aliphatic rings. The Hall–Kier alpha value is -1.72. The molecule has 0 spiro atoms. The van der Waals surface area contributed by atoms with E-state index in [1.165, 1.54) is 0 Å². The largest absolute Gasteiger partial charge is 0.480 e. The van der Waals surface area contributed by atoms with E-state index in [0.717, 1.165) is 21.3 Å². The third kappa shape index (κ3) is 4.09. The summed E-state index contributed by atoms with van der Waals surface area (Å²) in [5.41, 5.74) is 0.643. The quantitative estimate of drug-likeness (QED) is 0.636. The Morgan fingerprint density at radius 1 is 1.26 bits per heavy atom. The van der Waals surface area contributed by atoms with Crippen molar-refractivity contribution in [2.75, 3.05) is 0 Å². The SMILES string of the molecule is CC(NC(=O)OC(C)(C)C)[C@@]1(c2ccccc2)Cc2c(ccc(Cl)c2Br)O1. The predicted molar refractivity (Wildman–Crippen MR) is 110 cm³/mol. The van der Waals surface area contributed by atoms with E-state index in [-0.39, 0.29) is 6.04 Å². The van der Waals surface area contributed by atoms with Gasteiger partial charge in [0.1, 0.15) is 11.4 Å². The van der Waals surface area contributed by atoms with Gasteiger partial charge in [0.15, 0.2) is 5.60 Å². The number of benzene rings is 2. The van der Waals surface area contributed by atoms with Crippen molar-refractivity contribution in [1.29, 1.82) is 0 Å². The van der Waals surface area contributed by atoms with Crippen LogP contribution in [0.25, 0.3) is 0 Å². The minimum absolute atomic E-state index is 0.340. The molecule has 144 valence electrons. The van der Waals surface area contributed by atoms with Gasteiger partial charge >= 0.3 is 6.09 Å². The standard InChI is InChI=1S/C21H23BrClNO3/c1-13(24-19(25)27-20(2,3)4)21(14-8-6-5-7-9-14)12-15-17(26-21)11-10-16(23)18(15)22/h5-11,13H,12H2,1-4H3,(H,24,25)/t13?,21-/m1/s1. The minimum atomic E-state index is -0.756. The first-order valence-corrected chi connectivity index (χ1v) is 10.0. The third-order valence-corrected chi connectivity index (χ3v) is 6.03. The van der Waals surface area contributed by atoms with Crippen molar-refractivity contribution >= 4 is 33.6 Å². The van der Waals surface area contributed by atoms with Gasteiger partial charge in [-0.05, 0) is 61.3 Å². The Morgan fingerprint density at radius 2 is 1.93 bits per heavy atom. The minimum Gasteiger partial charge on any atom is -0.480 e. The van der Waals surface area contributed by atoms with Crippen LogP contribution in [-0.4, -0.2) is 17.7 Å². The van der Waals surface area contributed by atoms with E-state index in [1.807, 2.05) is 64.1 Å². The number of ether oxygens (including phenoxy) is 2. The van der Waals surface area contributed by atoms with Gasteiger partial charge in [0.2, 0.25) is 0 Å². The molecule has 0 bridgehead atoms. The number of hydrogen-bond donors (Lipinski definition) is 1. The van der Waals surface area contributed by atoms with E-state index in [0.29, 0.717) is 11.4 Å². The molecule has 1 aliphatic heterocycles. The van der Waals surface area contributed by atoms with Crippen LogP contribution in [0.2, 0.25) is 5.02 Å². The molecule has 2 atom stereocenters. The highest BCUT2D eigenvalue weighted by molar-refractivity contribution is 9.10. The molecule has 0 aliphatic carbocycles. The fourth-order valence-corrected chi connectivity index (χ4v) is 3.95. The predicted octanol–water partition coefficient (Wildman–Crippen LogP) is 5.85. The Labute approximate surface area is 173 Å². The van der Waals surface area contributed by atoms with Crippen molar-refractivity contribution in [3.63, 3.8) is 0 Å². The highest BCUT2D eigenvalue weighted by Gasteiger charge is 2.47. The van der Waals surface area contributed by atoms with Crippen LogP contribution in [0.4, 0.5) is 4.79 Å². The van der Waals surface area contributed by atoms with Crippen molar-refractivity contribution < 1.29 is 14.3 Å². The summed E-state index contributed by atoms with van der Waals surface area (Å²) in [7, 11) is 0. The summed E-state index contributed by atoms with van der Waals surface area (Å²) in [6, 6.07) is 13.2. The maximum atomic E-state index is 12.4. The summed E-state index contributed by atoms with van der Waals surface area (Å²) < 4.78 is 12.7. The molecular formula is C21H23BrClNO3. The smallest absolute Gasteiger partial charge is 0.408 e. The normalized spacial score (nSPS) is 19.8. The maximum absolute atomic E-state index is 12.4. The number of alkyl carbamates (subject to hydrolysis) is 1. The van der Waals surface area contributed by atoms with Crippen molar-refractivity contribution in [3.8, 4) is 5.75 Å². The number of rotatable bonds is 3. The molecule has 1 amide bonds. The van der Waals surface area contributed by atoms with Crippen LogP contribution in [0.1, 0.15) is 38.8 Å². The number of hydrogen-bond acceptors (Lipinski definition) is 3. The third-order valence-electron chi connectivity index (χ3n) is 4.58. The van der Waals surface area contributed by atoms with Gasteiger partial charge in [0.05, 0.1) is 11.1 Å². The molecule has 4 nitrogen and oxygen atoms in total. The Bertz CT molecular complexity index is 850. The summed E-state index contributed by atoms with van der Waals surface area (Å²) in [6.45, 7) is 7.44. The van der Waals surface area contributed by atoms with Crippen LogP contribution in [0.3, 0.4) is 0 Å². The highest BCUT2D eigenvalue weighted by Crippen LogP contribution is 2.48. The second-order valence-corrected chi connectivity index (χ2v) is 8.94. The average molecular weight is 453 g/mol. The van der Waals surface area contributed by atoms with E-state index in [4.69, 9.17) is 21.1 Å². The lowest BCUT2D eigenvalue weighted by atomic mass is 9.83. The molecule has 1 unspecified atom stereocenters. The molecule has 27 heavy (non-hydrogen) atoms. The second-order valence-electron chi connectivity index (χ2n) is 7.74. The molecule has 0 radical (unpaired) electrons. The van der Waals surface area contributed by atoms with Crippen molar-refractivity contribution in [2.24, 2.45) is 0 Å². The van der Waals surface area contributed by atoms with E-state index in [1.54, 1.807) is 6.07 Å². The number of amides is 1. The Kier molecular flexibility index (Phi) is 5.46. The molecule has 3 rings (SSSR count). The zero-order valence-electron chi connectivity index (χ0n) is 15.8. The van der Waals surface area contributed by atoms with E-state index >= 15 is 0 Å². The molecule has 1 N–H and O–H groups in total. The fraction of sp³-hybridized carbons (Fsp3) is 0.381. The topological polar surface area (TPSA) is 47.6 Å². The summed E-state index contributed by atoms with van der Waals surface area (Å²) in [4.78, 5) is 12.4.